The van der Waals surface area contributed by atoms with Gasteiger partial charge in [-0.3, -0.25) is 24.0 Å². The molecule has 10 N–H and O–H groups in total. The van der Waals surface area contributed by atoms with Crippen LogP contribution in [0, 0.1) is 0 Å². The number of primary amides is 1. The Morgan fingerprint density at radius 1 is 0.867 bits per heavy atom. The summed E-state index contributed by atoms with van der Waals surface area (Å²) in [7, 11) is 0. The fourth-order valence-electron chi connectivity index (χ4n) is 2.03. The van der Waals surface area contributed by atoms with E-state index in [9.17, 15) is 28.8 Å². The fraction of sp³-hybridized carbons (Fsp3) is 0.600. The molecule has 0 spiro atoms. The molecule has 0 heterocycles. The Morgan fingerprint density at radius 3 is 1.80 bits per heavy atom. The Hall–Kier alpha value is -2.91. The Balaban J connectivity index is 5.45. The van der Waals surface area contributed by atoms with Gasteiger partial charge in [-0.15, -0.1) is 0 Å². The molecule has 4 atom stereocenters. The third kappa shape index (κ3) is 10.0. The van der Waals surface area contributed by atoms with E-state index in [-0.39, 0.29) is 18.6 Å². The quantitative estimate of drug-likeness (QED) is 0.114. The van der Waals surface area contributed by atoms with E-state index in [4.69, 9.17) is 26.8 Å². The number of hydrogen-bond donors (Lipinski definition) is 9. The first-order valence-electron chi connectivity index (χ1n) is 8.54. The minimum absolute atomic E-state index is 0.270. The van der Waals surface area contributed by atoms with E-state index in [0.29, 0.717) is 0 Å². The van der Waals surface area contributed by atoms with Crippen molar-refractivity contribution in [3.63, 3.8) is 0 Å². The average molecular weight is 451 g/mol. The molecule has 30 heavy (non-hydrogen) atoms. The van der Waals surface area contributed by atoms with E-state index in [2.05, 4.69) is 23.3 Å². The topological polar surface area (TPSA) is 251 Å². The lowest BCUT2D eigenvalue weighted by molar-refractivity contribution is -0.143. The number of carbonyl (C=O) groups is 6. The number of aliphatic hydroxyl groups excluding tert-OH is 1. The highest BCUT2D eigenvalue weighted by Crippen LogP contribution is 2.03. The lowest BCUT2D eigenvalue weighted by atomic mass is 10.1. The Morgan fingerprint density at radius 2 is 1.37 bits per heavy atom. The van der Waals surface area contributed by atoms with Gasteiger partial charge in [0.05, 0.1) is 13.0 Å². The minimum Gasteiger partial charge on any atom is -0.481 e. The van der Waals surface area contributed by atoms with Gasteiger partial charge in [-0.2, -0.15) is 12.6 Å². The number of nitrogens with two attached hydrogens (primary N) is 2. The van der Waals surface area contributed by atoms with Gasteiger partial charge in [-0.25, -0.2) is 4.79 Å². The van der Waals surface area contributed by atoms with Crippen molar-refractivity contribution in [3.05, 3.63) is 0 Å². The van der Waals surface area contributed by atoms with Crippen LogP contribution in [0.5, 0.6) is 0 Å². The highest BCUT2D eigenvalue weighted by Gasteiger charge is 2.31. The molecule has 0 bridgehead atoms. The molecule has 14 nitrogen and oxygen atoms in total. The van der Waals surface area contributed by atoms with Crippen LogP contribution in [-0.2, 0) is 28.8 Å². The van der Waals surface area contributed by atoms with Crippen molar-refractivity contribution in [3.8, 4) is 0 Å². The number of carboxylic acid groups (broad SMARTS) is 2. The molecule has 0 aliphatic rings. The zero-order chi connectivity index (χ0) is 23.4. The molecule has 0 aliphatic carbocycles. The number of nitrogens with one attached hydrogen (secondary N) is 3. The summed E-state index contributed by atoms with van der Waals surface area (Å²) < 4.78 is 0. The van der Waals surface area contributed by atoms with E-state index >= 15 is 0 Å². The van der Waals surface area contributed by atoms with Crippen molar-refractivity contribution in [2.24, 2.45) is 11.5 Å². The zero-order valence-electron chi connectivity index (χ0n) is 15.7. The molecule has 0 rings (SSSR count). The first-order chi connectivity index (χ1) is 13.9. The van der Waals surface area contributed by atoms with E-state index in [1.54, 1.807) is 0 Å². The van der Waals surface area contributed by atoms with Crippen LogP contribution in [-0.4, -0.2) is 87.4 Å². The van der Waals surface area contributed by atoms with E-state index in [1.807, 2.05) is 5.32 Å². The molecule has 0 aromatic rings. The zero-order valence-corrected chi connectivity index (χ0v) is 16.6. The smallest absolute Gasteiger partial charge is 0.327 e. The SMILES string of the molecule is NC(=O)CCC(NC(=O)C(CC(=O)O)NC(=O)C(N)CO)C(=O)NC(CS)C(=O)O. The van der Waals surface area contributed by atoms with Crippen LogP contribution in [0.2, 0.25) is 0 Å². The van der Waals surface area contributed by atoms with Crippen LogP contribution in [0.3, 0.4) is 0 Å². The van der Waals surface area contributed by atoms with Crippen LogP contribution >= 0.6 is 12.6 Å². The van der Waals surface area contributed by atoms with Crippen LogP contribution in [0.25, 0.3) is 0 Å². The number of rotatable bonds is 14. The molecule has 170 valence electrons. The predicted octanol–water partition coefficient (Wildman–Crippen LogP) is -4.48. The predicted molar refractivity (Wildman–Crippen MR) is 103 cm³/mol. The first kappa shape index (κ1) is 27.1. The molecule has 0 saturated carbocycles. The molecule has 4 amide bonds. The van der Waals surface area contributed by atoms with Crippen molar-refractivity contribution >= 4 is 48.2 Å². The highest BCUT2D eigenvalue weighted by molar-refractivity contribution is 7.80. The molecule has 0 saturated heterocycles. The van der Waals surface area contributed by atoms with E-state index < -0.39 is 72.8 Å². The van der Waals surface area contributed by atoms with Crippen LogP contribution in [0.15, 0.2) is 0 Å². The van der Waals surface area contributed by atoms with Gasteiger partial charge in [0.2, 0.25) is 23.6 Å². The summed E-state index contributed by atoms with van der Waals surface area (Å²) in [4.78, 5) is 69.7. The monoisotopic (exact) mass is 451 g/mol. The minimum atomic E-state index is -1.67. The second-order valence-corrected chi connectivity index (χ2v) is 6.46. The molecule has 0 aromatic heterocycles. The Bertz CT molecular complexity index is 675. The molecule has 0 radical (unpaired) electrons. The maximum absolute atomic E-state index is 12.5. The van der Waals surface area contributed by atoms with Crippen molar-refractivity contribution in [2.45, 2.75) is 43.4 Å². The summed E-state index contributed by atoms with van der Waals surface area (Å²) >= 11 is 3.79. The summed E-state index contributed by atoms with van der Waals surface area (Å²) in [5.74, 6) is -7.06. The van der Waals surface area contributed by atoms with Gasteiger partial charge in [0.1, 0.15) is 24.2 Å². The molecule has 4 unspecified atom stereocenters. The largest absolute Gasteiger partial charge is 0.481 e. The molecule has 15 heteroatoms. The normalized spacial score (nSPS) is 14.5. The second-order valence-electron chi connectivity index (χ2n) is 6.10. The summed E-state index contributed by atoms with van der Waals surface area (Å²) in [6, 6.07) is -5.95. The molecule has 0 aliphatic heterocycles. The molecular weight excluding hydrogens is 426 g/mol. The van der Waals surface area contributed by atoms with E-state index in [0.717, 1.165) is 0 Å². The lowest BCUT2D eigenvalue weighted by Crippen LogP contribution is -2.58. The summed E-state index contributed by atoms with van der Waals surface area (Å²) in [5.41, 5.74) is 10.3. The second kappa shape index (κ2) is 13.3. The fourth-order valence-corrected chi connectivity index (χ4v) is 2.28. The molecule has 0 aromatic carbocycles. The van der Waals surface area contributed by atoms with Gasteiger partial charge < -0.3 is 42.7 Å². The first-order valence-corrected chi connectivity index (χ1v) is 9.17. The number of aliphatic carboxylic acids is 2. The summed E-state index contributed by atoms with van der Waals surface area (Å²) in [6.07, 6.45) is -1.56. The Kier molecular flexibility index (Phi) is 12.0. The third-order valence-electron chi connectivity index (χ3n) is 3.65. The van der Waals surface area contributed by atoms with Crippen molar-refractivity contribution in [1.82, 2.24) is 16.0 Å². The van der Waals surface area contributed by atoms with Gasteiger partial charge in [0, 0.05) is 12.2 Å². The van der Waals surface area contributed by atoms with Gasteiger partial charge >= 0.3 is 11.9 Å². The maximum Gasteiger partial charge on any atom is 0.327 e. The van der Waals surface area contributed by atoms with Crippen LogP contribution in [0.1, 0.15) is 19.3 Å². The number of aliphatic hydroxyl groups is 1. The van der Waals surface area contributed by atoms with Gasteiger partial charge in [-0.1, -0.05) is 0 Å². The molecule has 0 fully saturated rings. The van der Waals surface area contributed by atoms with Crippen molar-refractivity contribution in [1.29, 1.82) is 0 Å². The van der Waals surface area contributed by atoms with Crippen molar-refractivity contribution in [2.75, 3.05) is 12.4 Å². The van der Waals surface area contributed by atoms with Crippen LogP contribution in [0.4, 0.5) is 0 Å². The Labute approximate surface area is 176 Å². The van der Waals surface area contributed by atoms with E-state index in [1.165, 1.54) is 0 Å². The number of thiol groups is 1. The van der Waals surface area contributed by atoms with Gasteiger partial charge in [-0.05, 0) is 6.42 Å². The summed E-state index contributed by atoms with van der Waals surface area (Å²) in [6.45, 7) is -0.767. The van der Waals surface area contributed by atoms with Gasteiger partial charge in [0.15, 0.2) is 0 Å². The maximum atomic E-state index is 12.5. The number of hydrogen-bond acceptors (Lipinski definition) is 9. The number of carbonyl (C=O) groups excluding carboxylic acids is 4. The van der Waals surface area contributed by atoms with Crippen molar-refractivity contribution < 1.29 is 44.1 Å². The summed E-state index contributed by atoms with van der Waals surface area (Å²) in [5, 5.41) is 33.1. The average Bonchev–Trinajstić information content (AvgIpc) is 2.66. The molecular formula is C15H25N5O9S. The third-order valence-corrected chi connectivity index (χ3v) is 4.02. The number of amides is 4. The lowest BCUT2D eigenvalue weighted by Gasteiger charge is -2.24. The standard InChI is InChI=1S/C15H25N5O9S/c16-6(4-21)12(25)19-8(3-11(23)24)14(27)18-7(1-2-10(17)22)13(26)20-9(5-30)15(28)29/h6-9,21,30H,1-5,16H2,(H2,17,22)(H,18,27)(H,19,25)(H,20,26)(H,23,24)(H,28,29). The highest BCUT2D eigenvalue weighted by atomic mass is 32.1. The number of carboxylic acids is 2. The van der Waals surface area contributed by atoms with Gasteiger partial charge in [0.25, 0.3) is 0 Å². The van der Waals surface area contributed by atoms with Crippen LogP contribution < -0.4 is 27.4 Å².